The Bertz CT molecular complexity index is 928. The molecule has 5 heteroatoms. The van der Waals surface area contributed by atoms with Crippen molar-refractivity contribution in [2.24, 2.45) is 16.7 Å². The van der Waals surface area contributed by atoms with Gasteiger partial charge in [0.1, 0.15) is 5.78 Å². The molecule has 2 fully saturated rings. The molecular weight excluding hydrogens is 457 g/mol. The fourth-order valence-corrected chi connectivity index (χ4v) is 6.90. The van der Waals surface area contributed by atoms with Crippen molar-refractivity contribution in [3.8, 4) is 0 Å². The van der Waals surface area contributed by atoms with Gasteiger partial charge in [0.15, 0.2) is 0 Å². The number of carbonyl (C=O) groups excluding carboxylic acids is 1. The van der Waals surface area contributed by atoms with Crippen molar-refractivity contribution in [2.45, 2.75) is 130 Å². The monoisotopic (exact) mass is 509 g/mol. The number of likely N-dealkylation sites (tertiary alicyclic amines) is 1. The third-order valence-corrected chi connectivity index (χ3v) is 9.99. The lowest BCUT2D eigenvalue weighted by atomic mass is 9.64. The molecule has 2 unspecified atom stereocenters. The topological polar surface area (TPSA) is 38.8 Å². The molecular formula is C32H52BNO3. The van der Waals surface area contributed by atoms with Crippen LogP contribution in [-0.4, -0.2) is 42.1 Å². The summed E-state index contributed by atoms with van der Waals surface area (Å²) in [6, 6.07) is 9.56. The second-order valence-corrected chi connectivity index (χ2v) is 14.6. The van der Waals surface area contributed by atoms with Crippen LogP contribution in [0.25, 0.3) is 0 Å². The molecule has 1 aliphatic carbocycles. The second-order valence-electron chi connectivity index (χ2n) is 14.6. The van der Waals surface area contributed by atoms with E-state index in [1.807, 2.05) is 0 Å². The average Bonchev–Trinajstić information content (AvgIpc) is 3.32. The Morgan fingerprint density at radius 3 is 2.22 bits per heavy atom. The smallest absolute Gasteiger partial charge is 0.403 e. The summed E-state index contributed by atoms with van der Waals surface area (Å²) in [6.07, 6.45) is 9.31. The maximum Gasteiger partial charge on any atom is 0.457 e. The summed E-state index contributed by atoms with van der Waals surface area (Å²) < 4.78 is 12.4. The summed E-state index contributed by atoms with van der Waals surface area (Å²) in [4.78, 5) is 16.5. The van der Waals surface area contributed by atoms with Crippen molar-refractivity contribution in [2.75, 3.05) is 13.1 Å². The van der Waals surface area contributed by atoms with Gasteiger partial charge in [-0.1, -0.05) is 64.8 Å². The van der Waals surface area contributed by atoms with Crippen LogP contribution in [0.4, 0.5) is 0 Å². The number of unbranched alkanes of at least 4 members (excludes halogenated alkanes) is 1. The van der Waals surface area contributed by atoms with Gasteiger partial charge >= 0.3 is 7.12 Å². The van der Waals surface area contributed by atoms with Gasteiger partial charge in [-0.2, -0.15) is 0 Å². The summed E-state index contributed by atoms with van der Waals surface area (Å²) in [6.45, 7) is 19.6. The number of nitrogens with zero attached hydrogens (tertiary/aromatic N) is 1. The van der Waals surface area contributed by atoms with Crippen molar-refractivity contribution in [3.63, 3.8) is 0 Å². The maximum atomic E-state index is 13.8. The highest BCUT2D eigenvalue weighted by Gasteiger charge is 2.50. The van der Waals surface area contributed by atoms with Crippen LogP contribution in [0.15, 0.2) is 24.3 Å². The fourth-order valence-electron chi connectivity index (χ4n) is 6.90. The number of rotatable bonds is 9. The SMILES string of the molecule is CC(C)(C)CC(=O)C(C)(CCCCB1OC(C)(C)C(C)(C)O1)C1CCN(C2CCc3ccccc32)CC1. The van der Waals surface area contributed by atoms with E-state index in [0.29, 0.717) is 24.2 Å². The highest BCUT2D eigenvalue weighted by molar-refractivity contribution is 6.45. The van der Waals surface area contributed by atoms with E-state index < -0.39 is 0 Å². The Labute approximate surface area is 227 Å². The average molecular weight is 510 g/mol. The summed E-state index contributed by atoms with van der Waals surface area (Å²) in [5.74, 6) is 0.937. The molecule has 0 saturated carbocycles. The van der Waals surface area contributed by atoms with Crippen LogP contribution in [0, 0.1) is 16.7 Å². The first-order chi connectivity index (χ1) is 17.2. The zero-order valence-electron chi connectivity index (χ0n) is 25.0. The molecule has 4 nitrogen and oxygen atoms in total. The predicted molar refractivity (Wildman–Crippen MR) is 154 cm³/mol. The van der Waals surface area contributed by atoms with E-state index in [4.69, 9.17) is 9.31 Å². The molecule has 4 rings (SSSR count). The molecule has 1 aromatic rings. The number of carbonyl (C=O) groups is 1. The van der Waals surface area contributed by atoms with Crippen LogP contribution in [0.1, 0.15) is 118 Å². The van der Waals surface area contributed by atoms with Crippen LogP contribution in [0.2, 0.25) is 6.32 Å². The van der Waals surface area contributed by atoms with Crippen molar-refractivity contribution >= 4 is 12.9 Å². The minimum atomic E-state index is -0.275. The number of Topliss-reactive ketones (excluding diaryl/α,β-unsaturated/α-hetero) is 1. The Morgan fingerprint density at radius 2 is 1.59 bits per heavy atom. The number of hydrogen-bond donors (Lipinski definition) is 0. The molecule has 0 N–H and O–H groups in total. The van der Waals surface area contributed by atoms with E-state index in [2.05, 4.69) is 84.6 Å². The zero-order valence-corrected chi connectivity index (χ0v) is 25.0. The van der Waals surface area contributed by atoms with Gasteiger partial charge in [0.05, 0.1) is 11.2 Å². The van der Waals surface area contributed by atoms with Crippen LogP contribution in [0.5, 0.6) is 0 Å². The van der Waals surface area contributed by atoms with Crippen LogP contribution >= 0.6 is 0 Å². The number of benzene rings is 1. The van der Waals surface area contributed by atoms with Gasteiger partial charge in [0.2, 0.25) is 0 Å². The number of aryl methyl sites for hydroxylation is 1. The largest absolute Gasteiger partial charge is 0.457 e. The first-order valence-corrected chi connectivity index (χ1v) is 14.9. The molecule has 0 bridgehead atoms. The van der Waals surface area contributed by atoms with E-state index in [-0.39, 0.29) is 29.2 Å². The maximum absolute atomic E-state index is 13.8. The third-order valence-electron chi connectivity index (χ3n) is 9.99. The Morgan fingerprint density at radius 1 is 0.973 bits per heavy atom. The molecule has 0 aromatic heterocycles. The minimum absolute atomic E-state index is 0.0231. The van der Waals surface area contributed by atoms with E-state index >= 15 is 0 Å². The van der Waals surface area contributed by atoms with Crippen molar-refractivity contribution < 1.29 is 14.1 Å². The molecule has 37 heavy (non-hydrogen) atoms. The number of piperidine rings is 1. The highest BCUT2D eigenvalue weighted by Crippen LogP contribution is 2.46. The van der Waals surface area contributed by atoms with Gasteiger partial charge in [0.25, 0.3) is 0 Å². The van der Waals surface area contributed by atoms with Crippen LogP contribution in [0.3, 0.4) is 0 Å². The Balaban J connectivity index is 1.36. The van der Waals surface area contributed by atoms with Gasteiger partial charge in [0, 0.05) is 17.9 Å². The molecule has 2 heterocycles. The molecule has 206 valence electrons. The molecule has 0 spiro atoms. The summed E-state index contributed by atoms with van der Waals surface area (Å²) in [5.41, 5.74) is 2.29. The lowest BCUT2D eigenvalue weighted by Crippen LogP contribution is -2.45. The van der Waals surface area contributed by atoms with E-state index in [1.54, 1.807) is 0 Å². The molecule has 1 aromatic carbocycles. The van der Waals surface area contributed by atoms with Gasteiger partial charge < -0.3 is 9.31 Å². The van der Waals surface area contributed by atoms with Crippen LogP contribution in [-0.2, 0) is 20.5 Å². The fraction of sp³-hybridized carbons (Fsp3) is 0.781. The lowest BCUT2D eigenvalue weighted by Gasteiger charge is -2.44. The zero-order chi connectivity index (χ0) is 27.1. The molecule has 2 atom stereocenters. The standard InChI is InChI=1S/C32H52BNO3/c1-29(2,3)23-28(35)32(8,19-11-12-20-33-36-30(4,5)31(6,7)37-33)25-17-21-34(22-18-25)27-16-15-24-13-9-10-14-26(24)27/h9-10,13-14,25,27H,11-12,15-23H2,1-8H3. The normalized spacial score (nSPS) is 25.7. The molecule has 2 aliphatic heterocycles. The highest BCUT2D eigenvalue weighted by atomic mass is 16.7. The van der Waals surface area contributed by atoms with Crippen LogP contribution < -0.4 is 0 Å². The first-order valence-electron chi connectivity index (χ1n) is 14.9. The second kappa shape index (κ2) is 10.8. The lowest BCUT2D eigenvalue weighted by molar-refractivity contribution is -0.134. The number of fused-ring (bicyclic) bond motifs is 1. The molecule has 0 amide bonds. The van der Waals surface area contributed by atoms with Crippen molar-refractivity contribution in [1.82, 2.24) is 4.90 Å². The molecule has 3 aliphatic rings. The Kier molecular flexibility index (Phi) is 8.40. The minimum Gasteiger partial charge on any atom is -0.403 e. The van der Waals surface area contributed by atoms with Crippen molar-refractivity contribution in [1.29, 1.82) is 0 Å². The van der Waals surface area contributed by atoms with Gasteiger partial charge in [-0.05, 0) is 102 Å². The van der Waals surface area contributed by atoms with Gasteiger partial charge in [-0.25, -0.2) is 0 Å². The van der Waals surface area contributed by atoms with E-state index in [1.165, 1.54) is 24.0 Å². The van der Waals surface area contributed by atoms with Crippen molar-refractivity contribution in [3.05, 3.63) is 35.4 Å². The van der Waals surface area contributed by atoms with E-state index in [9.17, 15) is 4.79 Å². The number of hydrogen-bond acceptors (Lipinski definition) is 4. The third kappa shape index (κ3) is 6.36. The summed E-state index contributed by atoms with van der Waals surface area (Å²) in [5, 5.41) is 0. The quantitative estimate of drug-likeness (QED) is 0.253. The summed E-state index contributed by atoms with van der Waals surface area (Å²) in [7, 11) is -0.140. The Hall–Kier alpha value is -1.17. The first kappa shape index (κ1) is 28.8. The van der Waals surface area contributed by atoms with E-state index in [0.717, 1.165) is 51.5 Å². The number of ketones is 1. The van der Waals surface area contributed by atoms with Gasteiger partial charge in [-0.3, -0.25) is 9.69 Å². The summed E-state index contributed by atoms with van der Waals surface area (Å²) >= 11 is 0. The van der Waals surface area contributed by atoms with Gasteiger partial charge in [-0.15, -0.1) is 0 Å². The predicted octanol–water partition coefficient (Wildman–Crippen LogP) is 7.66. The molecule has 2 saturated heterocycles. The molecule has 0 radical (unpaired) electrons.